The van der Waals surface area contributed by atoms with Gasteiger partial charge in [0.1, 0.15) is 17.0 Å². The van der Waals surface area contributed by atoms with E-state index in [0.29, 0.717) is 11.5 Å². The van der Waals surface area contributed by atoms with Crippen molar-refractivity contribution >= 4 is 16.0 Å². The summed E-state index contributed by atoms with van der Waals surface area (Å²) in [5.41, 5.74) is -0.510. The summed E-state index contributed by atoms with van der Waals surface area (Å²) in [7, 11) is -4.21. The first-order chi connectivity index (χ1) is 13.3. The second kappa shape index (κ2) is 6.32. The average Bonchev–Trinajstić information content (AvgIpc) is 3.06. The third kappa shape index (κ3) is 2.83. The molecule has 3 aromatic rings. The second-order valence-corrected chi connectivity index (χ2v) is 8.51. The van der Waals surface area contributed by atoms with Crippen LogP contribution in [0.4, 0.5) is 0 Å². The highest BCUT2D eigenvalue weighted by atomic mass is 32.2. The van der Waals surface area contributed by atoms with E-state index in [0.717, 1.165) is 5.56 Å². The van der Waals surface area contributed by atoms with Gasteiger partial charge in [-0.25, -0.2) is 8.42 Å². The number of nitrogens with zero attached hydrogens (tertiary/aromatic N) is 1. The van der Waals surface area contributed by atoms with E-state index >= 15 is 0 Å². The summed E-state index contributed by atoms with van der Waals surface area (Å²) in [6.07, 6.45) is 0. The molecule has 2 N–H and O–H groups in total. The van der Waals surface area contributed by atoms with Crippen LogP contribution >= 0.6 is 0 Å². The SMILES string of the molecule is Cc1cc(-c2ccc(S(=O)(=O)N[C@@]3(C(=O)O)C(C)[C@@H]3c3ccccc3)o2)no1. The predicted octanol–water partition coefficient (Wildman–Crippen LogP) is 2.78. The normalized spacial score (nSPS) is 24.2. The van der Waals surface area contributed by atoms with Crippen LogP contribution in [0.5, 0.6) is 0 Å². The minimum atomic E-state index is -4.21. The molecule has 3 atom stereocenters. The van der Waals surface area contributed by atoms with Gasteiger partial charge < -0.3 is 14.0 Å². The highest BCUT2D eigenvalue weighted by molar-refractivity contribution is 7.89. The third-order valence-electron chi connectivity index (χ3n) is 5.14. The van der Waals surface area contributed by atoms with Gasteiger partial charge in [0.25, 0.3) is 10.0 Å². The van der Waals surface area contributed by atoms with Crippen LogP contribution in [0.3, 0.4) is 0 Å². The van der Waals surface area contributed by atoms with E-state index in [1.165, 1.54) is 12.1 Å². The zero-order chi connectivity index (χ0) is 20.1. The number of hydrogen-bond acceptors (Lipinski definition) is 6. The van der Waals surface area contributed by atoms with Crippen LogP contribution in [0.2, 0.25) is 0 Å². The Morgan fingerprint density at radius 3 is 2.54 bits per heavy atom. The molecule has 0 saturated heterocycles. The minimum absolute atomic E-state index is 0.213. The molecule has 2 heterocycles. The Morgan fingerprint density at radius 1 is 1.21 bits per heavy atom. The van der Waals surface area contributed by atoms with Crippen LogP contribution in [0.15, 0.2) is 62.6 Å². The van der Waals surface area contributed by atoms with Crippen molar-refractivity contribution < 1.29 is 27.3 Å². The number of aromatic nitrogens is 1. The summed E-state index contributed by atoms with van der Waals surface area (Å²) in [6.45, 7) is 3.41. The van der Waals surface area contributed by atoms with E-state index in [9.17, 15) is 18.3 Å². The van der Waals surface area contributed by atoms with Gasteiger partial charge in [0.2, 0.25) is 5.09 Å². The van der Waals surface area contributed by atoms with Gasteiger partial charge in [0.05, 0.1) is 0 Å². The zero-order valence-electron chi connectivity index (χ0n) is 15.1. The lowest BCUT2D eigenvalue weighted by Crippen LogP contribution is -2.45. The van der Waals surface area contributed by atoms with Crippen LogP contribution < -0.4 is 4.72 Å². The summed E-state index contributed by atoms with van der Waals surface area (Å²) in [5, 5.41) is 13.2. The van der Waals surface area contributed by atoms with Crippen LogP contribution in [0, 0.1) is 12.8 Å². The molecule has 28 heavy (non-hydrogen) atoms. The van der Waals surface area contributed by atoms with Gasteiger partial charge in [-0.1, -0.05) is 42.4 Å². The molecule has 1 aliphatic carbocycles. The first kappa shape index (κ1) is 18.5. The highest BCUT2D eigenvalue weighted by Gasteiger charge is 2.70. The first-order valence-corrected chi connectivity index (χ1v) is 10.1. The van der Waals surface area contributed by atoms with Gasteiger partial charge >= 0.3 is 5.97 Å². The van der Waals surface area contributed by atoms with Crippen LogP contribution in [0.1, 0.15) is 24.2 Å². The summed E-state index contributed by atoms with van der Waals surface area (Å²) in [4.78, 5) is 12.0. The lowest BCUT2D eigenvalue weighted by atomic mass is 10.1. The predicted molar refractivity (Wildman–Crippen MR) is 98.0 cm³/mol. The number of aryl methyl sites for hydroxylation is 1. The van der Waals surface area contributed by atoms with Gasteiger partial charge in [-0.3, -0.25) is 4.79 Å². The van der Waals surface area contributed by atoms with Crippen LogP contribution in [-0.4, -0.2) is 30.2 Å². The maximum Gasteiger partial charge on any atom is 0.325 e. The van der Waals surface area contributed by atoms with Gasteiger partial charge in [-0.15, -0.1) is 0 Å². The molecule has 0 aliphatic heterocycles. The number of hydrogen-bond donors (Lipinski definition) is 2. The third-order valence-corrected chi connectivity index (χ3v) is 6.50. The molecular formula is C19H18N2O6S. The molecule has 0 radical (unpaired) electrons. The van der Waals surface area contributed by atoms with Gasteiger partial charge in [0, 0.05) is 12.0 Å². The Hall–Kier alpha value is -2.91. The second-order valence-electron chi connectivity index (χ2n) is 6.90. The van der Waals surface area contributed by atoms with E-state index < -0.39 is 33.4 Å². The standard InChI is InChI=1S/C19H18N2O6S/c1-11-10-14(20-27-11)15-8-9-16(26-15)28(24,25)21-19(18(22)23)12(2)17(19)13-6-4-3-5-7-13/h3-10,12,17,21H,1-2H3,(H,22,23)/t12?,17-,19+/m1/s1. The first-order valence-electron chi connectivity index (χ1n) is 8.61. The van der Waals surface area contributed by atoms with Gasteiger partial charge in [-0.2, -0.15) is 4.72 Å². The monoisotopic (exact) mass is 402 g/mol. The van der Waals surface area contributed by atoms with Crippen molar-refractivity contribution in [2.75, 3.05) is 0 Å². The largest absolute Gasteiger partial charge is 0.480 e. The fourth-order valence-electron chi connectivity index (χ4n) is 3.66. The van der Waals surface area contributed by atoms with Crippen molar-refractivity contribution in [3.05, 3.63) is 59.9 Å². The van der Waals surface area contributed by atoms with Crippen LogP contribution in [-0.2, 0) is 14.8 Å². The minimum Gasteiger partial charge on any atom is -0.480 e. The van der Waals surface area contributed by atoms with E-state index in [4.69, 9.17) is 8.94 Å². The quantitative estimate of drug-likeness (QED) is 0.650. The number of nitrogens with one attached hydrogen (secondary N) is 1. The molecule has 8 nitrogen and oxygen atoms in total. The summed E-state index contributed by atoms with van der Waals surface area (Å²) in [6, 6.07) is 13.3. The number of aliphatic carboxylic acids is 1. The molecule has 0 bridgehead atoms. The van der Waals surface area contributed by atoms with Crippen molar-refractivity contribution in [1.82, 2.24) is 9.88 Å². The summed E-state index contributed by atoms with van der Waals surface area (Å²) >= 11 is 0. The molecular weight excluding hydrogens is 384 g/mol. The van der Waals surface area contributed by atoms with Crippen molar-refractivity contribution in [3.8, 4) is 11.5 Å². The number of benzene rings is 1. The number of carboxylic acid groups (broad SMARTS) is 1. The van der Waals surface area contributed by atoms with E-state index in [1.54, 1.807) is 44.2 Å². The van der Waals surface area contributed by atoms with Crippen LogP contribution in [0.25, 0.3) is 11.5 Å². The topological polar surface area (TPSA) is 123 Å². The maximum atomic E-state index is 12.9. The fraction of sp³-hybridized carbons (Fsp3) is 0.263. The van der Waals surface area contributed by atoms with Crippen molar-refractivity contribution in [1.29, 1.82) is 0 Å². The summed E-state index contributed by atoms with van der Waals surface area (Å²) < 4.78 is 38.4. The van der Waals surface area contributed by atoms with Crippen molar-refractivity contribution in [3.63, 3.8) is 0 Å². The smallest absolute Gasteiger partial charge is 0.325 e. The molecule has 1 fully saturated rings. The molecule has 1 aliphatic rings. The van der Waals surface area contributed by atoms with Crippen molar-refractivity contribution in [2.24, 2.45) is 5.92 Å². The van der Waals surface area contributed by atoms with E-state index in [1.807, 2.05) is 6.07 Å². The van der Waals surface area contributed by atoms with Crippen molar-refractivity contribution in [2.45, 2.75) is 30.4 Å². The Kier molecular flexibility index (Phi) is 4.16. The zero-order valence-corrected chi connectivity index (χ0v) is 15.9. The Labute approximate surface area is 161 Å². The van der Waals surface area contributed by atoms with E-state index in [2.05, 4.69) is 9.88 Å². The molecule has 9 heteroatoms. The van der Waals surface area contributed by atoms with E-state index in [-0.39, 0.29) is 10.9 Å². The lowest BCUT2D eigenvalue weighted by molar-refractivity contribution is -0.140. The lowest BCUT2D eigenvalue weighted by Gasteiger charge is -2.14. The number of carboxylic acids is 1. The average molecular weight is 402 g/mol. The maximum absolute atomic E-state index is 12.9. The molecule has 4 rings (SSSR count). The number of furan rings is 1. The molecule has 1 saturated carbocycles. The number of rotatable bonds is 6. The molecule has 2 aromatic heterocycles. The Balaban J connectivity index is 1.65. The summed E-state index contributed by atoms with van der Waals surface area (Å²) in [5.74, 6) is -1.36. The highest BCUT2D eigenvalue weighted by Crippen LogP contribution is 2.58. The Morgan fingerprint density at radius 2 is 1.93 bits per heavy atom. The van der Waals surface area contributed by atoms with Gasteiger partial charge in [-0.05, 0) is 30.5 Å². The molecule has 146 valence electrons. The number of carbonyl (C=O) groups is 1. The molecule has 1 unspecified atom stereocenters. The Bertz CT molecular complexity index is 1130. The fourth-order valence-corrected chi connectivity index (χ4v) is 5.05. The number of sulfonamides is 1. The molecule has 0 spiro atoms. The molecule has 0 amide bonds. The molecule has 1 aromatic carbocycles. The van der Waals surface area contributed by atoms with Gasteiger partial charge in [0.15, 0.2) is 5.76 Å².